The Bertz CT molecular complexity index is 651. The first-order valence-corrected chi connectivity index (χ1v) is 5.87. The second-order valence-electron chi connectivity index (χ2n) is 4.52. The Balaban J connectivity index is 2.38. The van der Waals surface area contributed by atoms with E-state index < -0.39 is 28.8 Å². The molecule has 0 unspecified atom stereocenters. The first-order chi connectivity index (χ1) is 9.40. The third-order valence-corrected chi connectivity index (χ3v) is 2.90. The van der Waals surface area contributed by atoms with Crippen molar-refractivity contribution in [3.8, 4) is 0 Å². The van der Waals surface area contributed by atoms with Gasteiger partial charge in [-0.05, 0) is 30.3 Å². The van der Waals surface area contributed by atoms with Crippen molar-refractivity contribution in [3.05, 3.63) is 65.0 Å². The van der Waals surface area contributed by atoms with Gasteiger partial charge in [0.2, 0.25) is 0 Å². The van der Waals surface area contributed by atoms with Crippen LogP contribution >= 0.6 is 0 Å². The Morgan fingerprint density at radius 1 is 0.900 bits per heavy atom. The van der Waals surface area contributed by atoms with E-state index >= 15 is 0 Å². The fourth-order valence-corrected chi connectivity index (χ4v) is 1.76. The van der Waals surface area contributed by atoms with Crippen molar-refractivity contribution < 1.29 is 18.0 Å². The minimum atomic E-state index is -1.32. The van der Waals surface area contributed by atoms with E-state index in [0.717, 1.165) is 5.69 Å². The smallest absolute Gasteiger partial charge is 0.196 e. The van der Waals surface area contributed by atoms with Crippen molar-refractivity contribution in [2.24, 2.45) is 0 Å². The summed E-state index contributed by atoms with van der Waals surface area (Å²) in [5.41, 5.74) is 0.592. The molecule has 0 amide bonds. The van der Waals surface area contributed by atoms with Gasteiger partial charge in [-0.2, -0.15) is 0 Å². The lowest BCUT2D eigenvalue weighted by Gasteiger charge is -2.12. The van der Waals surface area contributed by atoms with E-state index in [-0.39, 0.29) is 5.56 Å². The summed E-state index contributed by atoms with van der Waals surface area (Å²) in [4.78, 5) is 13.9. The summed E-state index contributed by atoms with van der Waals surface area (Å²) in [6, 6.07) is 7.34. The Morgan fingerprint density at radius 3 is 2.00 bits per heavy atom. The molecule has 20 heavy (non-hydrogen) atoms. The van der Waals surface area contributed by atoms with Gasteiger partial charge in [0.1, 0.15) is 5.82 Å². The summed E-state index contributed by atoms with van der Waals surface area (Å²) in [5, 5.41) is 0. The van der Waals surface area contributed by atoms with Crippen molar-refractivity contribution >= 4 is 11.5 Å². The Morgan fingerprint density at radius 2 is 1.45 bits per heavy atom. The van der Waals surface area contributed by atoms with Gasteiger partial charge < -0.3 is 4.90 Å². The standard InChI is InChI=1S/C15H12F3NO/c1-19(2)10-5-3-9(4-6-10)15(20)11-7-13(17)14(18)8-12(11)16/h3-8H,1-2H3. The van der Waals surface area contributed by atoms with E-state index in [1.54, 1.807) is 12.1 Å². The highest BCUT2D eigenvalue weighted by Gasteiger charge is 2.17. The first-order valence-electron chi connectivity index (χ1n) is 5.87. The Labute approximate surface area is 114 Å². The molecule has 0 aliphatic carbocycles. The van der Waals surface area contributed by atoms with Crippen molar-refractivity contribution in [1.82, 2.24) is 0 Å². The third-order valence-electron chi connectivity index (χ3n) is 2.90. The zero-order valence-electron chi connectivity index (χ0n) is 11.0. The number of benzene rings is 2. The third kappa shape index (κ3) is 2.66. The SMILES string of the molecule is CN(C)c1ccc(C(=O)c2cc(F)c(F)cc2F)cc1. The predicted octanol–water partition coefficient (Wildman–Crippen LogP) is 3.40. The largest absolute Gasteiger partial charge is 0.378 e. The van der Waals surface area contributed by atoms with Gasteiger partial charge in [0.25, 0.3) is 0 Å². The van der Waals surface area contributed by atoms with Crippen LogP contribution in [0.25, 0.3) is 0 Å². The van der Waals surface area contributed by atoms with Gasteiger partial charge in [0.15, 0.2) is 17.4 Å². The molecule has 2 aromatic carbocycles. The summed E-state index contributed by atoms with van der Waals surface area (Å²) in [6.07, 6.45) is 0. The van der Waals surface area contributed by atoms with Crippen LogP contribution in [0.3, 0.4) is 0 Å². The van der Waals surface area contributed by atoms with Crippen LogP contribution in [0.4, 0.5) is 18.9 Å². The molecule has 5 heteroatoms. The predicted molar refractivity (Wildman–Crippen MR) is 70.5 cm³/mol. The molecule has 2 aromatic rings. The molecule has 0 aliphatic rings. The van der Waals surface area contributed by atoms with Crippen molar-refractivity contribution in [3.63, 3.8) is 0 Å². The Hall–Kier alpha value is -2.30. The molecular formula is C15H12F3NO. The fourth-order valence-electron chi connectivity index (χ4n) is 1.76. The molecule has 2 nitrogen and oxygen atoms in total. The highest BCUT2D eigenvalue weighted by atomic mass is 19.2. The zero-order chi connectivity index (χ0) is 14.9. The van der Waals surface area contributed by atoms with Gasteiger partial charge in [-0.3, -0.25) is 4.79 Å². The monoisotopic (exact) mass is 279 g/mol. The Kier molecular flexibility index (Phi) is 3.79. The summed E-state index contributed by atoms with van der Waals surface area (Å²) in [7, 11) is 3.68. The van der Waals surface area contributed by atoms with E-state index in [2.05, 4.69) is 0 Å². The molecule has 0 saturated carbocycles. The van der Waals surface area contributed by atoms with E-state index in [9.17, 15) is 18.0 Å². The summed E-state index contributed by atoms with van der Waals surface area (Å²) in [6.45, 7) is 0. The van der Waals surface area contributed by atoms with Crippen molar-refractivity contribution in [2.45, 2.75) is 0 Å². The van der Waals surface area contributed by atoms with Crippen LogP contribution in [0.2, 0.25) is 0 Å². The summed E-state index contributed by atoms with van der Waals surface area (Å²) >= 11 is 0. The van der Waals surface area contributed by atoms with Crippen molar-refractivity contribution in [2.75, 3.05) is 19.0 Å². The van der Waals surface area contributed by atoms with Gasteiger partial charge in [0.05, 0.1) is 5.56 Å². The first kappa shape index (κ1) is 14.1. The van der Waals surface area contributed by atoms with E-state index in [1.165, 1.54) is 12.1 Å². The fraction of sp³-hybridized carbons (Fsp3) is 0.133. The minimum Gasteiger partial charge on any atom is -0.378 e. The number of ketones is 1. The van der Waals surface area contributed by atoms with Crippen LogP contribution in [0, 0.1) is 17.5 Å². The number of carbonyl (C=O) groups excluding carboxylic acids is 1. The molecule has 0 aliphatic heterocycles. The number of carbonyl (C=O) groups is 1. The molecule has 0 N–H and O–H groups in total. The molecule has 0 radical (unpaired) electrons. The molecule has 0 bridgehead atoms. The van der Waals surface area contributed by atoms with Crippen molar-refractivity contribution in [1.29, 1.82) is 0 Å². The highest BCUT2D eigenvalue weighted by molar-refractivity contribution is 6.09. The molecule has 0 aromatic heterocycles. The molecule has 0 heterocycles. The van der Waals surface area contributed by atoms with Crippen LogP contribution in [-0.4, -0.2) is 19.9 Å². The van der Waals surface area contributed by atoms with Crippen LogP contribution in [0.5, 0.6) is 0 Å². The lowest BCUT2D eigenvalue weighted by atomic mass is 10.0. The molecule has 0 saturated heterocycles. The van der Waals surface area contributed by atoms with Crippen LogP contribution in [-0.2, 0) is 0 Å². The number of hydrogen-bond donors (Lipinski definition) is 0. The van der Waals surface area contributed by atoms with Gasteiger partial charge in [-0.15, -0.1) is 0 Å². The van der Waals surface area contributed by atoms with Gasteiger partial charge in [0, 0.05) is 31.4 Å². The number of anilines is 1. The maximum absolute atomic E-state index is 13.5. The number of nitrogens with zero attached hydrogens (tertiary/aromatic N) is 1. The second kappa shape index (κ2) is 5.36. The van der Waals surface area contributed by atoms with Crippen LogP contribution < -0.4 is 4.90 Å². The zero-order valence-corrected chi connectivity index (χ0v) is 11.0. The molecule has 104 valence electrons. The van der Waals surface area contributed by atoms with E-state index in [4.69, 9.17) is 0 Å². The number of rotatable bonds is 3. The number of hydrogen-bond acceptors (Lipinski definition) is 2. The van der Waals surface area contributed by atoms with E-state index in [0.29, 0.717) is 12.1 Å². The van der Waals surface area contributed by atoms with Crippen LogP contribution in [0.15, 0.2) is 36.4 Å². The minimum absolute atomic E-state index is 0.209. The highest BCUT2D eigenvalue weighted by Crippen LogP contribution is 2.19. The maximum atomic E-state index is 13.5. The molecular weight excluding hydrogens is 267 g/mol. The van der Waals surface area contributed by atoms with Gasteiger partial charge in [-0.25, -0.2) is 13.2 Å². The maximum Gasteiger partial charge on any atom is 0.196 e. The normalized spacial score (nSPS) is 10.4. The van der Waals surface area contributed by atoms with Gasteiger partial charge >= 0.3 is 0 Å². The average Bonchev–Trinajstić information content (AvgIpc) is 2.42. The topological polar surface area (TPSA) is 20.3 Å². The molecule has 0 spiro atoms. The lowest BCUT2D eigenvalue weighted by Crippen LogP contribution is -2.10. The summed E-state index contributed by atoms with van der Waals surface area (Å²) in [5.74, 6) is -4.33. The number of halogens is 3. The second-order valence-corrected chi connectivity index (χ2v) is 4.52. The van der Waals surface area contributed by atoms with E-state index in [1.807, 2.05) is 19.0 Å². The quantitative estimate of drug-likeness (QED) is 0.634. The summed E-state index contributed by atoms with van der Waals surface area (Å²) < 4.78 is 39.5. The van der Waals surface area contributed by atoms with Crippen LogP contribution in [0.1, 0.15) is 15.9 Å². The molecule has 0 atom stereocenters. The lowest BCUT2D eigenvalue weighted by molar-refractivity contribution is 0.103. The molecule has 2 rings (SSSR count). The molecule has 0 fully saturated rings. The average molecular weight is 279 g/mol. The van der Waals surface area contributed by atoms with Gasteiger partial charge in [-0.1, -0.05) is 0 Å².